The SMILES string of the molecule is CC1(S(=O)(=O)NC(=O)[C@]23CC(=O)[C@@H]4C[C@@H](O)CN4C(=O)[C@@H](Nc4ccccc4)CCCCC/C=C\[C@@H]2C3)CC1.CC1(S(=O)(=O)NC(=O)[C@]23CC(=O)[C@@H]4C[C@@H](Oc5nc6ccccc6nc5-c5cccs5)CN4C(=O)[C@@H](Nc4ccccc4)CCCCC/C=C\[C@@H]2C3)CC1.Clc1nc2ccccc2nc1-c1cccs1. The van der Waals surface area contributed by atoms with Gasteiger partial charge >= 0.3 is 0 Å². The van der Waals surface area contributed by atoms with Gasteiger partial charge in [0, 0.05) is 43.6 Å². The average Bonchev–Trinajstić information content (AvgIpc) is 1.58. The fraction of sp³-hybridized carbons (Fsp3) is 0.439. The molecule has 4 aliphatic carbocycles. The maximum atomic E-state index is 14.7. The minimum atomic E-state index is -3.91. The van der Waals surface area contributed by atoms with Crippen molar-refractivity contribution in [3.05, 3.63) is 174 Å². The van der Waals surface area contributed by atoms with Crippen LogP contribution in [0.3, 0.4) is 0 Å². The highest BCUT2D eigenvalue weighted by atomic mass is 35.5. The van der Waals surface area contributed by atoms with E-state index in [0.717, 1.165) is 94.7 Å². The Morgan fingerprint density at radius 3 is 1.43 bits per heavy atom. The molecule has 0 unspecified atom stereocenters. The molecule has 16 rings (SSSR count). The molecule has 22 nitrogen and oxygen atoms in total. The van der Waals surface area contributed by atoms with Crippen LogP contribution in [0.15, 0.2) is 169 Å². The van der Waals surface area contributed by atoms with Crippen molar-refractivity contribution in [1.29, 1.82) is 0 Å². The Labute approximate surface area is 648 Å². The first-order valence-corrected chi connectivity index (χ1v) is 42.9. The number of aliphatic hydroxyl groups is 1. The van der Waals surface area contributed by atoms with E-state index in [2.05, 4.69) is 30.0 Å². The number of anilines is 2. The Kier molecular flexibility index (Phi) is 22.8. The summed E-state index contributed by atoms with van der Waals surface area (Å²) in [5.41, 5.74) is 3.68. The molecule has 4 aliphatic heterocycles. The fourth-order valence-corrected chi connectivity index (χ4v) is 19.7. The zero-order valence-corrected chi connectivity index (χ0v) is 65.0. The summed E-state index contributed by atoms with van der Waals surface area (Å²) in [6, 6.07) is 39.3. The maximum absolute atomic E-state index is 14.7. The second-order valence-electron chi connectivity index (χ2n) is 30.8. The second kappa shape index (κ2) is 32.3. The zero-order chi connectivity index (χ0) is 76.3. The van der Waals surface area contributed by atoms with E-state index in [1.54, 1.807) is 30.1 Å². The van der Waals surface area contributed by atoms with Crippen molar-refractivity contribution >= 4 is 123 Å². The lowest BCUT2D eigenvalue weighted by molar-refractivity contribution is -0.140. The van der Waals surface area contributed by atoms with Crippen LogP contribution in [0.4, 0.5) is 11.4 Å². The quantitative estimate of drug-likeness (QED) is 0.0632. The van der Waals surface area contributed by atoms with Crippen LogP contribution in [0.1, 0.15) is 142 Å². The zero-order valence-electron chi connectivity index (χ0n) is 61.0. The molecule has 0 spiro atoms. The number of aromatic nitrogens is 4. The summed E-state index contributed by atoms with van der Waals surface area (Å²) < 4.78 is 61.5. The summed E-state index contributed by atoms with van der Waals surface area (Å²) in [7, 11) is -7.76. The third-order valence-corrected chi connectivity index (χ3v) is 29.1. The van der Waals surface area contributed by atoms with Crippen LogP contribution in [-0.4, -0.2) is 146 Å². The first-order chi connectivity index (χ1) is 52.4. The number of ketones is 2. The molecule has 572 valence electrons. The maximum Gasteiger partial charge on any atom is 0.245 e. The Morgan fingerprint density at radius 1 is 0.532 bits per heavy atom. The smallest absolute Gasteiger partial charge is 0.245 e. The second-order valence-corrected chi connectivity index (χ2v) is 37.4. The lowest BCUT2D eigenvalue weighted by Gasteiger charge is -2.30. The van der Waals surface area contributed by atoms with Crippen LogP contribution >= 0.6 is 34.3 Å². The number of ether oxygens (including phenoxy) is 1. The minimum Gasteiger partial charge on any atom is -0.471 e. The number of aliphatic hydroxyl groups excluding tert-OH is 1. The standard InChI is InChI=1S/C41H45N5O6S2.C29H39N3O6S.C12H7ClN2S/c1-40(20-21-40)54(50,51)45-39(49)41-24-27(41)13-6-3-2-4-9-18-32(42-28-14-7-5-8-15-28)38(48)46-26-29(23-33(46)34(47)25-41)52-37-36(35-19-12-22-53-35)43-30-16-10-11-17-31(30)44-37;1-28(14-15-28)39(37,38)31-27(36)29-17-20(29)10-6-3-2-4-9-13-23(30-21-11-7-5-8-12-21)26(35)32-19-22(33)16-24(32)25(34)18-29;13-12-11(10-6-3-7-16-10)14-8-4-1-2-5-9(8)15-12/h5-8,10-17,19,22,27,29,32-33,42H,2-4,9,18,20-21,23-26H2,1H3,(H,45,49);5-8,10-12,20,22-24,30,33H,2-4,9,13-19H2,1H3,(H,31,36);1-7H/b13-6-;10-6-;/t27-,29-,32+,33+,41-;20-,22-,23+,24+,29-;/m11./s1. The predicted octanol–water partition coefficient (Wildman–Crippen LogP) is 13.6. The van der Waals surface area contributed by atoms with E-state index < -0.39 is 88.6 Å². The number of fused-ring (bicyclic) bond motifs is 6. The van der Waals surface area contributed by atoms with E-state index in [9.17, 15) is 50.7 Å². The number of sulfonamides is 2. The van der Waals surface area contributed by atoms with Crippen molar-refractivity contribution in [2.75, 3.05) is 23.7 Å². The van der Waals surface area contributed by atoms with Crippen LogP contribution in [0.2, 0.25) is 5.15 Å². The van der Waals surface area contributed by atoms with Gasteiger partial charge in [0.05, 0.1) is 76.9 Å². The molecule has 4 aromatic heterocycles. The lowest BCUT2D eigenvalue weighted by atomic mass is 9.91. The number of carbonyl (C=O) groups excluding carboxylic acids is 6. The van der Waals surface area contributed by atoms with Gasteiger partial charge in [0.25, 0.3) is 0 Å². The lowest BCUT2D eigenvalue weighted by Crippen LogP contribution is -2.49. The van der Waals surface area contributed by atoms with Gasteiger partial charge in [0.1, 0.15) is 29.6 Å². The van der Waals surface area contributed by atoms with Gasteiger partial charge in [-0.3, -0.25) is 38.2 Å². The van der Waals surface area contributed by atoms with Gasteiger partial charge in [-0.15, -0.1) is 22.7 Å². The molecule has 6 fully saturated rings. The van der Waals surface area contributed by atoms with Crippen LogP contribution < -0.4 is 24.8 Å². The molecule has 4 amide bonds. The van der Waals surface area contributed by atoms with Crippen molar-refractivity contribution in [3.8, 4) is 27.0 Å². The topological polar surface area (TPSA) is 306 Å². The van der Waals surface area contributed by atoms with Crippen molar-refractivity contribution in [2.45, 2.75) is 188 Å². The van der Waals surface area contributed by atoms with E-state index in [0.29, 0.717) is 73.6 Å². The third kappa shape index (κ3) is 17.2. The van der Waals surface area contributed by atoms with E-state index in [1.807, 2.05) is 169 Å². The Balaban J connectivity index is 0.000000156. The summed E-state index contributed by atoms with van der Waals surface area (Å²) in [4.78, 5) is 108. The summed E-state index contributed by atoms with van der Waals surface area (Å²) in [5.74, 6) is -2.51. The van der Waals surface area contributed by atoms with Gasteiger partial charge in [-0.05, 0) is 174 Å². The van der Waals surface area contributed by atoms with Crippen LogP contribution in [0.25, 0.3) is 43.2 Å². The number of Topliss-reactive ketones (excluding diaryl/α,β-unsaturated/α-hetero) is 2. The van der Waals surface area contributed by atoms with Gasteiger partial charge in [-0.25, -0.2) is 36.8 Å². The fourth-order valence-electron chi connectivity index (χ4n) is 15.3. The van der Waals surface area contributed by atoms with Crippen molar-refractivity contribution in [3.63, 3.8) is 0 Å². The minimum absolute atomic E-state index is 0.0530. The average molecular weight is 1570 g/mol. The number of hydrogen-bond donors (Lipinski definition) is 5. The number of halogens is 1. The number of nitrogens with one attached hydrogen (secondary N) is 4. The molecule has 4 saturated carbocycles. The molecule has 4 aromatic carbocycles. The highest BCUT2D eigenvalue weighted by Gasteiger charge is 2.64. The van der Waals surface area contributed by atoms with Crippen LogP contribution in [0.5, 0.6) is 5.88 Å². The Bertz CT molecular complexity index is 4990. The van der Waals surface area contributed by atoms with Crippen molar-refractivity contribution in [2.24, 2.45) is 22.7 Å². The first-order valence-electron chi connectivity index (χ1n) is 37.8. The van der Waals surface area contributed by atoms with E-state index in [1.165, 1.54) is 16.2 Å². The van der Waals surface area contributed by atoms with E-state index >= 15 is 0 Å². The van der Waals surface area contributed by atoms with E-state index in [4.69, 9.17) is 26.3 Å². The summed E-state index contributed by atoms with van der Waals surface area (Å²) >= 11 is 9.26. The molecule has 8 aliphatic rings. The molecule has 8 aromatic rings. The van der Waals surface area contributed by atoms with Gasteiger partial charge in [-0.1, -0.05) is 134 Å². The number of allylic oxidation sites excluding steroid dienone is 4. The number of amides is 4. The Morgan fingerprint density at radius 2 is 0.963 bits per heavy atom. The molecule has 0 radical (unpaired) electrons. The monoisotopic (exact) mass is 1570 g/mol. The molecule has 0 bridgehead atoms. The van der Waals surface area contributed by atoms with Crippen molar-refractivity contribution in [1.82, 2.24) is 39.2 Å². The van der Waals surface area contributed by atoms with E-state index in [-0.39, 0.29) is 74.0 Å². The third-order valence-electron chi connectivity index (χ3n) is 22.8. The molecule has 8 heterocycles. The number of nitrogens with zero attached hydrogens (tertiary/aromatic N) is 6. The normalized spacial score (nSPS) is 27.3. The summed E-state index contributed by atoms with van der Waals surface area (Å²) in [5, 5.41) is 21.7. The largest absolute Gasteiger partial charge is 0.471 e. The molecule has 2 saturated heterocycles. The number of rotatable bonds is 14. The number of hydrogen-bond acceptors (Lipinski definition) is 20. The van der Waals surface area contributed by atoms with Gasteiger partial charge in [0.2, 0.25) is 49.6 Å². The molecular formula is C82H91ClN10O12S4. The number of carbonyl (C=O) groups is 6. The number of para-hydroxylation sites is 6. The van der Waals surface area contributed by atoms with Gasteiger partial charge in [-0.2, -0.15) is 0 Å². The van der Waals surface area contributed by atoms with Crippen LogP contribution in [-0.2, 0) is 48.8 Å². The predicted molar refractivity (Wildman–Crippen MR) is 423 cm³/mol. The summed E-state index contributed by atoms with van der Waals surface area (Å²) in [6.07, 6.45) is 17.3. The number of thiophene rings is 2. The molecular weight excluding hydrogens is 1480 g/mol. The van der Waals surface area contributed by atoms with Gasteiger partial charge in [0.15, 0.2) is 16.7 Å². The van der Waals surface area contributed by atoms with Crippen LogP contribution in [0, 0.1) is 22.7 Å². The highest BCUT2D eigenvalue weighted by molar-refractivity contribution is 7.92. The molecule has 10 atom stereocenters. The summed E-state index contributed by atoms with van der Waals surface area (Å²) in [6.45, 7) is 3.45. The molecule has 5 N–H and O–H groups in total. The molecule has 109 heavy (non-hydrogen) atoms. The Hall–Kier alpha value is -8.79. The molecule has 27 heteroatoms. The van der Waals surface area contributed by atoms with Gasteiger partial charge < -0.3 is 30.3 Å². The number of benzene rings is 4. The highest BCUT2D eigenvalue weighted by Crippen LogP contribution is 2.59. The first kappa shape index (κ1) is 77.0. The van der Waals surface area contributed by atoms with Crippen molar-refractivity contribution < 1.29 is 55.4 Å².